The topological polar surface area (TPSA) is 49.4 Å². The van der Waals surface area contributed by atoms with E-state index in [-0.39, 0.29) is 0 Å². The van der Waals surface area contributed by atoms with Crippen LogP contribution in [0.15, 0.2) is 29.2 Å². The van der Waals surface area contributed by atoms with E-state index in [4.69, 9.17) is 0 Å². The van der Waals surface area contributed by atoms with Crippen LogP contribution in [0.5, 0.6) is 0 Å². The maximum absolute atomic E-state index is 12.1. The highest BCUT2D eigenvalue weighted by molar-refractivity contribution is 7.89. The van der Waals surface area contributed by atoms with Gasteiger partial charge in [-0.3, -0.25) is 0 Å². The minimum Gasteiger partial charge on any atom is -0.306 e. The summed E-state index contributed by atoms with van der Waals surface area (Å²) in [6, 6.07) is 6.97. The maximum Gasteiger partial charge on any atom is 0.240 e. The Labute approximate surface area is 122 Å². The Kier molecular flexibility index (Phi) is 5.18. The van der Waals surface area contributed by atoms with Crippen LogP contribution >= 0.6 is 0 Å². The number of sulfonamides is 1. The number of nitrogens with zero attached hydrogens (tertiary/aromatic N) is 1. The fourth-order valence-electron chi connectivity index (χ4n) is 2.55. The first-order chi connectivity index (χ1) is 9.47. The first kappa shape index (κ1) is 15.5. The Balaban J connectivity index is 1.82. The smallest absolute Gasteiger partial charge is 0.240 e. The van der Waals surface area contributed by atoms with Crippen molar-refractivity contribution < 1.29 is 8.42 Å². The van der Waals surface area contributed by atoms with Crippen molar-refractivity contribution in [1.29, 1.82) is 0 Å². The van der Waals surface area contributed by atoms with E-state index in [1.54, 1.807) is 12.1 Å². The first-order valence-corrected chi connectivity index (χ1v) is 8.70. The number of nitrogens with one attached hydrogen (secondary N) is 1. The van der Waals surface area contributed by atoms with Gasteiger partial charge in [0, 0.05) is 6.54 Å². The molecule has 0 radical (unpaired) electrons. The molecule has 1 aliphatic rings. The van der Waals surface area contributed by atoms with Gasteiger partial charge in [-0.05, 0) is 64.4 Å². The number of hydrogen-bond acceptors (Lipinski definition) is 3. The third-order valence-corrected chi connectivity index (χ3v) is 5.49. The Hall–Kier alpha value is -0.910. The second kappa shape index (κ2) is 6.70. The quantitative estimate of drug-likeness (QED) is 0.904. The van der Waals surface area contributed by atoms with Gasteiger partial charge in [0.25, 0.3) is 0 Å². The third kappa shape index (κ3) is 4.30. The zero-order valence-corrected chi connectivity index (χ0v) is 13.1. The number of likely N-dealkylation sites (tertiary alicyclic amines) is 1. The van der Waals surface area contributed by atoms with Gasteiger partial charge in [0.2, 0.25) is 10.0 Å². The predicted octanol–water partition coefficient (Wildman–Crippen LogP) is 2.01. The molecule has 112 valence electrons. The van der Waals surface area contributed by atoms with Gasteiger partial charge in [0.1, 0.15) is 0 Å². The minimum atomic E-state index is -3.35. The maximum atomic E-state index is 12.1. The Bertz CT molecular complexity index is 517. The summed E-state index contributed by atoms with van der Waals surface area (Å²) in [7, 11) is -1.21. The zero-order valence-electron chi connectivity index (χ0n) is 12.3. The Morgan fingerprint density at radius 3 is 2.40 bits per heavy atom. The van der Waals surface area contributed by atoms with Crippen molar-refractivity contribution >= 4 is 10.0 Å². The molecule has 0 aromatic heterocycles. The lowest BCUT2D eigenvalue weighted by Gasteiger charge is -2.28. The van der Waals surface area contributed by atoms with Crippen LogP contribution in [0, 0.1) is 12.8 Å². The van der Waals surface area contributed by atoms with Crippen LogP contribution in [0.3, 0.4) is 0 Å². The van der Waals surface area contributed by atoms with Crippen molar-refractivity contribution in [2.45, 2.75) is 31.1 Å². The van der Waals surface area contributed by atoms with Crippen molar-refractivity contribution in [2.75, 3.05) is 26.7 Å². The lowest BCUT2D eigenvalue weighted by Crippen LogP contribution is -2.32. The van der Waals surface area contributed by atoms with Gasteiger partial charge >= 0.3 is 0 Å². The van der Waals surface area contributed by atoms with Crippen LogP contribution in [-0.4, -0.2) is 40.0 Å². The molecule has 1 aromatic rings. The van der Waals surface area contributed by atoms with Crippen LogP contribution in [-0.2, 0) is 10.0 Å². The van der Waals surface area contributed by atoms with Crippen LogP contribution in [0.2, 0.25) is 0 Å². The molecule has 1 heterocycles. The number of rotatable bonds is 5. The molecule has 1 aromatic carbocycles. The molecule has 1 fully saturated rings. The molecule has 1 saturated heterocycles. The molecule has 20 heavy (non-hydrogen) atoms. The normalized spacial score (nSPS) is 18.3. The van der Waals surface area contributed by atoms with E-state index in [2.05, 4.69) is 16.7 Å². The minimum absolute atomic E-state index is 0.353. The van der Waals surface area contributed by atoms with Crippen LogP contribution in [0.25, 0.3) is 0 Å². The molecule has 5 heteroatoms. The van der Waals surface area contributed by atoms with Gasteiger partial charge in [0.15, 0.2) is 0 Å². The van der Waals surface area contributed by atoms with Crippen molar-refractivity contribution in [2.24, 2.45) is 5.92 Å². The summed E-state index contributed by atoms with van der Waals surface area (Å²) in [4.78, 5) is 2.68. The molecule has 4 nitrogen and oxygen atoms in total. The van der Waals surface area contributed by atoms with Crippen molar-refractivity contribution in [3.05, 3.63) is 29.8 Å². The van der Waals surface area contributed by atoms with Crippen molar-refractivity contribution in [3.8, 4) is 0 Å². The molecular weight excluding hydrogens is 272 g/mol. The fraction of sp³-hybridized carbons (Fsp3) is 0.600. The monoisotopic (exact) mass is 296 g/mol. The van der Waals surface area contributed by atoms with E-state index in [0.29, 0.717) is 17.4 Å². The highest BCUT2D eigenvalue weighted by Crippen LogP contribution is 2.19. The van der Waals surface area contributed by atoms with Crippen LogP contribution < -0.4 is 4.72 Å². The van der Waals surface area contributed by atoms with E-state index >= 15 is 0 Å². The zero-order chi connectivity index (χ0) is 14.6. The lowest BCUT2D eigenvalue weighted by atomic mass is 9.94. The molecule has 2 rings (SSSR count). The molecule has 0 aliphatic carbocycles. The summed E-state index contributed by atoms with van der Waals surface area (Å²) in [6.45, 7) is 4.72. The van der Waals surface area contributed by atoms with E-state index < -0.39 is 10.0 Å². The highest BCUT2D eigenvalue weighted by atomic mass is 32.2. The molecule has 0 bridgehead atoms. The van der Waals surface area contributed by atoms with E-state index in [0.717, 1.165) is 25.1 Å². The Morgan fingerprint density at radius 2 is 1.80 bits per heavy atom. The summed E-state index contributed by atoms with van der Waals surface area (Å²) in [5, 5.41) is 0. The van der Waals surface area contributed by atoms with Crippen molar-refractivity contribution in [3.63, 3.8) is 0 Å². The lowest BCUT2D eigenvalue weighted by molar-refractivity contribution is 0.213. The third-order valence-electron chi connectivity index (χ3n) is 4.01. The molecule has 0 saturated carbocycles. The Morgan fingerprint density at radius 1 is 1.20 bits per heavy atom. The predicted molar refractivity (Wildman–Crippen MR) is 81.2 cm³/mol. The summed E-state index contributed by atoms with van der Waals surface area (Å²) >= 11 is 0. The summed E-state index contributed by atoms with van der Waals surface area (Å²) in [5.74, 6) is 0.645. The van der Waals surface area contributed by atoms with Gasteiger partial charge in [-0.2, -0.15) is 0 Å². The van der Waals surface area contributed by atoms with E-state index in [1.807, 2.05) is 19.1 Å². The molecule has 0 unspecified atom stereocenters. The molecule has 0 atom stereocenters. The van der Waals surface area contributed by atoms with Crippen LogP contribution in [0.1, 0.15) is 24.8 Å². The average molecular weight is 296 g/mol. The molecule has 0 amide bonds. The standard InChI is InChI=1S/C15H24N2O2S/c1-13-3-5-15(6-4-13)20(18,19)16-10-7-14-8-11-17(2)12-9-14/h3-6,14,16H,7-12H2,1-2H3. The highest BCUT2D eigenvalue weighted by Gasteiger charge is 2.18. The second-order valence-electron chi connectivity index (χ2n) is 5.75. The largest absolute Gasteiger partial charge is 0.306 e. The fourth-order valence-corrected chi connectivity index (χ4v) is 3.60. The molecule has 0 spiro atoms. The number of hydrogen-bond donors (Lipinski definition) is 1. The van der Waals surface area contributed by atoms with Gasteiger partial charge in [-0.25, -0.2) is 13.1 Å². The second-order valence-corrected chi connectivity index (χ2v) is 7.51. The summed E-state index contributed by atoms with van der Waals surface area (Å²) in [5.41, 5.74) is 1.07. The van der Waals surface area contributed by atoms with Gasteiger partial charge in [-0.1, -0.05) is 17.7 Å². The summed E-state index contributed by atoms with van der Waals surface area (Å²) in [6.07, 6.45) is 3.27. The van der Waals surface area contributed by atoms with Crippen LogP contribution in [0.4, 0.5) is 0 Å². The SMILES string of the molecule is Cc1ccc(S(=O)(=O)NCCC2CCN(C)CC2)cc1. The average Bonchev–Trinajstić information content (AvgIpc) is 2.41. The van der Waals surface area contributed by atoms with Gasteiger partial charge in [0.05, 0.1) is 4.90 Å². The van der Waals surface area contributed by atoms with Gasteiger partial charge in [-0.15, -0.1) is 0 Å². The first-order valence-electron chi connectivity index (χ1n) is 7.22. The number of benzene rings is 1. The molecular formula is C15H24N2O2S. The number of piperidine rings is 1. The van der Waals surface area contributed by atoms with Gasteiger partial charge < -0.3 is 4.90 Å². The molecule has 1 aliphatic heterocycles. The molecule has 1 N–H and O–H groups in total. The summed E-state index contributed by atoms with van der Waals surface area (Å²) < 4.78 is 26.9. The number of aryl methyl sites for hydroxylation is 1. The van der Waals surface area contributed by atoms with E-state index in [9.17, 15) is 8.42 Å². The van der Waals surface area contributed by atoms with E-state index in [1.165, 1.54) is 12.8 Å². The van der Waals surface area contributed by atoms with Crippen molar-refractivity contribution in [1.82, 2.24) is 9.62 Å².